The quantitative estimate of drug-likeness (QED) is 0.315. The zero-order chi connectivity index (χ0) is 12.1. The van der Waals surface area contributed by atoms with E-state index in [1.807, 2.05) is 6.92 Å². The Labute approximate surface area is 96.2 Å². The Morgan fingerprint density at radius 1 is 1.50 bits per heavy atom. The van der Waals surface area contributed by atoms with Gasteiger partial charge in [-0.1, -0.05) is 24.2 Å². The van der Waals surface area contributed by atoms with Crippen LogP contribution in [0, 0.1) is 19.8 Å². The van der Waals surface area contributed by atoms with E-state index in [1.54, 1.807) is 0 Å². The van der Waals surface area contributed by atoms with Gasteiger partial charge in [-0.05, 0) is 31.0 Å². The Kier molecular flexibility index (Phi) is 4.17. The molecule has 0 saturated carbocycles. The second kappa shape index (κ2) is 5.39. The fraction of sp³-hybridized carbons (Fsp3) is 0.417. The first-order chi connectivity index (χ1) is 7.54. The van der Waals surface area contributed by atoms with Crippen molar-refractivity contribution >= 4 is 11.5 Å². The Hall–Kier alpha value is -1.71. The van der Waals surface area contributed by atoms with Gasteiger partial charge < -0.3 is 16.3 Å². The maximum atomic E-state index is 8.54. The molecular weight excluding hydrogens is 202 g/mol. The first-order valence-electron chi connectivity index (χ1n) is 5.33. The molecule has 4 N–H and O–H groups in total. The number of amidine groups is 1. The number of hydrogen-bond acceptors (Lipinski definition) is 3. The van der Waals surface area contributed by atoms with Gasteiger partial charge in [0.1, 0.15) is 5.84 Å². The Balaban J connectivity index is 2.64. The van der Waals surface area contributed by atoms with Crippen LogP contribution in [0.15, 0.2) is 23.4 Å². The maximum Gasteiger partial charge on any atom is 0.143 e. The van der Waals surface area contributed by atoms with Gasteiger partial charge in [0.2, 0.25) is 0 Å². The van der Waals surface area contributed by atoms with Crippen molar-refractivity contribution < 1.29 is 5.21 Å². The minimum atomic E-state index is 0.00455. The molecule has 1 atom stereocenters. The third kappa shape index (κ3) is 3.15. The number of rotatable bonds is 4. The Morgan fingerprint density at radius 3 is 2.81 bits per heavy atom. The highest BCUT2D eigenvalue weighted by Crippen LogP contribution is 2.16. The van der Waals surface area contributed by atoms with Crippen molar-refractivity contribution in [2.75, 3.05) is 11.9 Å². The molecule has 0 bridgehead atoms. The average Bonchev–Trinajstić information content (AvgIpc) is 2.28. The van der Waals surface area contributed by atoms with Crippen LogP contribution in [0.5, 0.6) is 0 Å². The number of oxime groups is 1. The number of nitrogens with one attached hydrogen (secondary N) is 1. The molecule has 0 radical (unpaired) electrons. The second-order valence-electron chi connectivity index (χ2n) is 4.13. The monoisotopic (exact) mass is 221 g/mol. The second-order valence-corrected chi connectivity index (χ2v) is 4.13. The fourth-order valence-electron chi connectivity index (χ4n) is 1.39. The van der Waals surface area contributed by atoms with E-state index in [2.05, 4.69) is 42.5 Å². The summed E-state index contributed by atoms with van der Waals surface area (Å²) < 4.78 is 0. The molecule has 0 amide bonds. The highest BCUT2D eigenvalue weighted by molar-refractivity contribution is 5.82. The molecule has 0 aliphatic rings. The third-order valence-electron chi connectivity index (χ3n) is 2.61. The zero-order valence-electron chi connectivity index (χ0n) is 9.99. The molecule has 1 unspecified atom stereocenters. The van der Waals surface area contributed by atoms with Gasteiger partial charge in [0.05, 0.1) is 0 Å². The van der Waals surface area contributed by atoms with Gasteiger partial charge in [-0.15, -0.1) is 0 Å². The van der Waals surface area contributed by atoms with Crippen molar-refractivity contribution in [2.24, 2.45) is 16.8 Å². The molecule has 0 aromatic heterocycles. The van der Waals surface area contributed by atoms with E-state index in [9.17, 15) is 0 Å². The minimum Gasteiger partial charge on any atom is -0.409 e. The lowest BCUT2D eigenvalue weighted by Gasteiger charge is -2.14. The summed E-state index contributed by atoms with van der Waals surface area (Å²) in [5.41, 5.74) is 9.01. The predicted octanol–water partition coefficient (Wildman–Crippen LogP) is 2.10. The molecular formula is C12H19N3O. The average molecular weight is 221 g/mol. The smallest absolute Gasteiger partial charge is 0.143 e. The van der Waals surface area contributed by atoms with Crippen LogP contribution in [0.1, 0.15) is 18.1 Å². The number of benzene rings is 1. The van der Waals surface area contributed by atoms with E-state index in [4.69, 9.17) is 10.9 Å². The molecule has 0 saturated heterocycles. The topological polar surface area (TPSA) is 70.6 Å². The summed E-state index contributed by atoms with van der Waals surface area (Å²) in [6.07, 6.45) is 0. The molecule has 4 nitrogen and oxygen atoms in total. The highest BCUT2D eigenvalue weighted by Gasteiger charge is 2.07. The van der Waals surface area contributed by atoms with Crippen LogP contribution in [0.4, 0.5) is 5.69 Å². The molecule has 1 rings (SSSR count). The van der Waals surface area contributed by atoms with Crippen LogP contribution < -0.4 is 11.1 Å². The summed E-state index contributed by atoms with van der Waals surface area (Å²) in [7, 11) is 0. The standard InChI is InChI=1S/C12H19N3O/c1-8-4-5-9(2)11(6-8)14-7-10(3)12(13)15-16/h4-6,10,14,16H,7H2,1-3H3,(H2,13,15). The van der Waals surface area contributed by atoms with Crippen molar-refractivity contribution in [2.45, 2.75) is 20.8 Å². The van der Waals surface area contributed by atoms with Crippen LogP contribution >= 0.6 is 0 Å². The molecule has 0 heterocycles. The number of aryl methyl sites for hydroxylation is 2. The van der Waals surface area contributed by atoms with Gasteiger partial charge in [0, 0.05) is 18.2 Å². The molecule has 4 heteroatoms. The van der Waals surface area contributed by atoms with Crippen molar-refractivity contribution in [3.8, 4) is 0 Å². The van der Waals surface area contributed by atoms with E-state index in [0.717, 1.165) is 5.69 Å². The molecule has 1 aromatic carbocycles. The summed E-state index contributed by atoms with van der Waals surface area (Å²) in [5.74, 6) is 0.253. The largest absolute Gasteiger partial charge is 0.409 e. The predicted molar refractivity (Wildman–Crippen MR) is 67.0 cm³/mol. The van der Waals surface area contributed by atoms with E-state index in [1.165, 1.54) is 11.1 Å². The first-order valence-corrected chi connectivity index (χ1v) is 5.33. The SMILES string of the molecule is Cc1ccc(C)c(NCC(C)C(N)=NO)c1. The van der Waals surface area contributed by atoms with Crippen LogP contribution in [0.3, 0.4) is 0 Å². The van der Waals surface area contributed by atoms with Crippen LogP contribution in [-0.2, 0) is 0 Å². The van der Waals surface area contributed by atoms with E-state index >= 15 is 0 Å². The summed E-state index contributed by atoms with van der Waals surface area (Å²) in [6, 6.07) is 6.24. The van der Waals surface area contributed by atoms with Crippen molar-refractivity contribution in [3.63, 3.8) is 0 Å². The highest BCUT2D eigenvalue weighted by atomic mass is 16.4. The van der Waals surface area contributed by atoms with Crippen molar-refractivity contribution in [1.82, 2.24) is 0 Å². The maximum absolute atomic E-state index is 8.54. The van der Waals surface area contributed by atoms with Crippen molar-refractivity contribution in [1.29, 1.82) is 0 Å². The lowest BCUT2D eigenvalue weighted by Crippen LogP contribution is -2.27. The summed E-state index contributed by atoms with van der Waals surface area (Å²) >= 11 is 0. The van der Waals surface area contributed by atoms with Crippen LogP contribution in [-0.4, -0.2) is 17.6 Å². The third-order valence-corrected chi connectivity index (χ3v) is 2.61. The van der Waals surface area contributed by atoms with Gasteiger partial charge in [-0.25, -0.2) is 0 Å². The van der Waals surface area contributed by atoms with E-state index in [-0.39, 0.29) is 11.8 Å². The first kappa shape index (κ1) is 12.4. The van der Waals surface area contributed by atoms with Gasteiger partial charge >= 0.3 is 0 Å². The van der Waals surface area contributed by atoms with Crippen LogP contribution in [0.25, 0.3) is 0 Å². The zero-order valence-corrected chi connectivity index (χ0v) is 9.99. The molecule has 0 aliphatic heterocycles. The molecule has 0 fully saturated rings. The molecule has 0 aliphatic carbocycles. The van der Waals surface area contributed by atoms with E-state index in [0.29, 0.717) is 6.54 Å². The lowest BCUT2D eigenvalue weighted by molar-refractivity contribution is 0.315. The molecule has 1 aromatic rings. The molecule has 16 heavy (non-hydrogen) atoms. The van der Waals surface area contributed by atoms with Gasteiger partial charge in [0.15, 0.2) is 0 Å². The normalized spacial score (nSPS) is 13.6. The van der Waals surface area contributed by atoms with Crippen LogP contribution in [0.2, 0.25) is 0 Å². The number of nitrogens with two attached hydrogens (primary N) is 1. The van der Waals surface area contributed by atoms with Crippen molar-refractivity contribution in [3.05, 3.63) is 29.3 Å². The molecule has 0 spiro atoms. The van der Waals surface area contributed by atoms with Gasteiger partial charge in [-0.3, -0.25) is 0 Å². The summed E-state index contributed by atoms with van der Waals surface area (Å²) in [4.78, 5) is 0. The number of nitrogens with zero attached hydrogens (tertiary/aromatic N) is 1. The number of hydrogen-bond donors (Lipinski definition) is 3. The molecule has 88 valence electrons. The summed E-state index contributed by atoms with van der Waals surface area (Å²) in [5, 5.41) is 14.8. The van der Waals surface area contributed by atoms with Gasteiger partial charge in [-0.2, -0.15) is 0 Å². The summed E-state index contributed by atoms with van der Waals surface area (Å²) in [6.45, 7) is 6.67. The van der Waals surface area contributed by atoms with Gasteiger partial charge in [0.25, 0.3) is 0 Å². The fourth-order valence-corrected chi connectivity index (χ4v) is 1.39. The Bertz CT molecular complexity index is 388. The Morgan fingerprint density at radius 2 is 2.19 bits per heavy atom. The minimum absolute atomic E-state index is 0.00455. The lowest BCUT2D eigenvalue weighted by atomic mass is 10.1. The number of anilines is 1. The van der Waals surface area contributed by atoms with E-state index < -0.39 is 0 Å².